The van der Waals surface area contributed by atoms with Gasteiger partial charge in [0.15, 0.2) is 0 Å². The van der Waals surface area contributed by atoms with Crippen molar-refractivity contribution in [1.82, 2.24) is 15.5 Å². The summed E-state index contributed by atoms with van der Waals surface area (Å²) >= 11 is 0. The number of hydrogen-bond donors (Lipinski definition) is 4. The van der Waals surface area contributed by atoms with Gasteiger partial charge in [-0.25, -0.2) is 4.39 Å². The molecule has 1 aliphatic carbocycles. The number of hydrogen-bond acceptors (Lipinski definition) is 5. The maximum atomic E-state index is 12.9. The predicted octanol–water partition coefficient (Wildman–Crippen LogP) is 0.393. The number of carbonyl (C=O) groups is 3. The van der Waals surface area contributed by atoms with Crippen LogP contribution in [-0.4, -0.2) is 71.7 Å². The van der Waals surface area contributed by atoms with Crippen LogP contribution in [0.5, 0.6) is 0 Å². The highest BCUT2D eigenvalue weighted by atomic mass is 19.1. The Morgan fingerprint density at radius 3 is 2.40 bits per heavy atom. The van der Waals surface area contributed by atoms with Crippen LogP contribution in [0, 0.1) is 17.7 Å². The molecular weight excluding hydrogens is 393 g/mol. The van der Waals surface area contributed by atoms with Crippen LogP contribution in [0.25, 0.3) is 0 Å². The van der Waals surface area contributed by atoms with Crippen molar-refractivity contribution in [3.63, 3.8) is 0 Å². The summed E-state index contributed by atoms with van der Waals surface area (Å²) in [7, 11) is 0. The first-order valence-corrected chi connectivity index (χ1v) is 10.1. The van der Waals surface area contributed by atoms with Crippen molar-refractivity contribution in [1.29, 1.82) is 0 Å². The third kappa shape index (κ3) is 7.38. The number of aliphatic hydroxyl groups excluding tert-OH is 1. The van der Waals surface area contributed by atoms with Crippen LogP contribution in [0.2, 0.25) is 0 Å². The number of amides is 2. The molecule has 3 rings (SSSR count). The Kier molecular flexibility index (Phi) is 9.19. The molecule has 0 radical (unpaired) electrons. The Balaban J connectivity index is 0.00000101. The molecule has 166 valence electrons. The van der Waals surface area contributed by atoms with Crippen molar-refractivity contribution >= 4 is 18.3 Å². The van der Waals surface area contributed by atoms with Gasteiger partial charge < -0.3 is 20.8 Å². The van der Waals surface area contributed by atoms with E-state index in [0.717, 1.165) is 25.1 Å². The summed E-state index contributed by atoms with van der Waals surface area (Å²) in [5.74, 6) is 0.376. The minimum atomic E-state index is -0.514. The Morgan fingerprint density at radius 2 is 1.80 bits per heavy atom. The molecule has 0 unspecified atom stereocenters. The number of nitrogens with zero attached hydrogens (tertiary/aromatic N) is 1. The second-order valence-electron chi connectivity index (χ2n) is 7.89. The molecule has 1 heterocycles. The Labute approximate surface area is 175 Å². The van der Waals surface area contributed by atoms with Gasteiger partial charge in [0.2, 0.25) is 11.8 Å². The number of benzene rings is 1. The number of rotatable bonds is 6. The Morgan fingerprint density at radius 1 is 1.20 bits per heavy atom. The number of nitrogens with one attached hydrogen (secondary N) is 2. The van der Waals surface area contributed by atoms with Gasteiger partial charge in [0.1, 0.15) is 5.82 Å². The predicted molar refractivity (Wildman–Crippen MR) is 108 cm³/mol. The number of halogens is 1. The second kappa shape index (κ2) is 11.6. The molecule has 4 N–H and O–H groups in total. The lowest BCUT2D eigenvalue weighted by Crippen LogP contribution is -2.48. The molecule has 1 aliphatic heterocycles. The van der Waals surface area contributed by atoms with E-state index in [4.69, 9.17) is 9.90 Å². The average molecular weight is 423 g/mol. The van der Waals surface area contributed by atoms with E-state index < -0.39 is 6.10 Å². The van der Waals surface area contributed by atoms with Crippen LogP contribution in [0.1, 0.15) is 25.3 Å². The van der Waals surface area contributed by atoms with Gasteiger partial charge in [0, 0.05) is 26.6 Å². The van der Waals surface area contributed by atoms with Gasteiger partial charge >= 0.3 is 0 Å². The minimum Gasteiger partial charge on any atom is -0.483 e. The van der Waals surface area contributed by atoms with Crippen molar-refractivity contribution in [2.45, 2.75) is 38.3 Å². The summed E-state index contributed by atoms with van der Waals surface area (Å²) in [6, 6.07) is 6.11. The molecule has 2 amide bonds. The quantitative estimate of drug-likeness (QED) is 0.492. The first-order chi connectivity index (χ1) is 14.3. The van der Waals surface area contributed by atoms with Gasteiger partial charge in [0.05, 0.1) is 18.7 Å². The molecule has 1 saturated carbocycles. The van der Waals surface area contributed by atoms with Crippen LogP contribution >= 0.6 is 0 Å². The highest BCUT2D eigenvalue weighted by Crippen LogP contribution is 2.36. The van der Waals surface area contributed by atoms with Crippen LogP contribution < -0.4 is 10.6 Å². The van der Waals surface area contributed by atoms with E-state index in [-0.39, 0.29) is 30.1 Å². The zero-order valence-electron chi connectivity index (χ0n) is 17.1. The maximum Gasteiger partial charge on any atom is 0.290 e. The Hall–Kier alpha value is -2.52. The van der Waals surface area contributed by atoms with E-state index in [1.165, 1.54) is 19.1 Å². The monoisotopic (exact) mass is 423 g/mol. The lowest BCUT2D eigenvalue weighted by molar-refractivity contribution is -0.123. The van der Waals surface area contributed by atoms with Crippen molar-refractivity contribution in [3.8, 4) is 0 Å². The summed E-state index contributed by atoms with van der Waals surface area (Å²) in [6.07, 6.45) is 1.58. The minimum absolute atomic E-state index is 0.0188. The normalized spacial score (nSPS) is 25.4. The van der Waals surface area contributed by atoms with Gasteiger partial charge in [-0.2, -0.15) is 0 Å². The van der Waals surface area contributed by atoms with E-state index in [1.807, 2.05) is 0 Å². The van der Waals surface area contributed by atoms with Gasteiger partial charge in [-0.05, 0) is 48.8 Å². The van der Waals surface area contributed by atoms with Crippen LogP contribution in [-0.2, 0) is 20.8 Å². The number of aliphatic hydroxyl groups is 1. The summed E-state index contributed by atoms with van der Waals surface area (Å²) in [4.78, 5) is 34.0. The number of likely N-dealkylation sites (tertiary alicyclic amines) is 1. The summed E-state index contributed by atoms with van der Waals surface area (Å²) in [6.45, 7) is 3.71. The lowest BCUT2D eigenvalue weighted by Gasteiger charge is -2.35. The molecule has 9 heteroatoms. The molecular formula is C21H30FN3O5. The standard InChI is InChI=1S/C20H28FN3O3.CH2O2/c1-13(25)23-18-8-15-10-24(11-16(15)9-19(18)26)12-20(27)22-7-6-14-2-4-17(21)5-3-14;2-1-3/h2-5,15-16,18-19,26H,6-12H2,1H3,(H,22,27)(H,23,25);1H,(H,2,3)/t15-,16+,18-,19-;/m1./s1. The van der Waals surface area contributed by atoms with Gasteiger partial charge in [-0.1, -0.05) is 12.1 Å². The molecule has 1 aromatic carbocycles. The van der Waals surface area contributed by atoms with Gasteiger partial charge in [-0.15, -0.1) is 0 Å². The fourth-order valence-corrected chi connectivity index (χ4v) is 4.33. The van der Waals surface area contributed by atoms with Crippen molar-refractivity contribution < 1.29 is 29.0 Å². The van der Waals surface area contributed by atoms with E-state index >= 15 is 0 Å². The Bertz CT molecular complexity index is 715. The first kappa shape index (κ1) is 23.8. The van der Waals surface area contributed by atoms with Crippen molar-refractivity contribution in [2.75, 3.05) is 26.2 Å². The molecule has 2 aliphatic rings. The van der Waals surface area contributed by atoms with Crippen molar-refractivity contribution in [2.24, 2.45) is 11.8 Å². The highest BCUT2D eigenvalue weighted by molar-refractivity contribution is 5.78. The van der Waals surface area contributed by atoms with Crippen LogP contribution in [0.3, 0.4) is 0 Å². The van der Waals surface area contributed by atoms with E-state index in [9.17, 15) is 19.1 Å². The topological polar surface area (TPSA) is 119 Å². The molecule has 30 heavy (non-hydrogen) atoms. The average Bonchev–Trinajstić information content (AvgIpc) is 3.04. The van der Waals surface area contributed by atoms with Crippen LogP contribution in [0.15, 0.2) is 24.3 Å². The lowest BCUT2D eigenvalue weighted by atomic mass is 9.77. The van der Waals surface area contributed by atoms with E-state index in [1.54, 1.807) is 12.1 Å². The maximum absolute atomic E-state index is 12.9. The first-order valence-electron chi connectivity index (χ1n) is 10.1. The highest BCUT2D eigenvalue weighted by Gasteiger charge is 2.42. The third-order valence-corrected chi connectivity index (χ3v) is 5.62. The molecule has 2 fully saturated rings. The number of fused-ring (bicyclic) bond motifs is 1. The molecule has 1 aromatic rings. The zero-order valence-corrected chi connectivity index (χ0v) is 17.1. The smallest absolute Gasteiger partial charge is 0.290 e. The van der Waals surface area contributed by atoms with E-state index in [0.29, 0.717) is 37.8 Å². The zero-order chi connectivity index (χ0) is 22.1. The SMILES string of the molecule is CC(=O)N[C@@H]1C[C@@H]2CN(CC(=O)NCCc3ccc(F)cc3)C[C@@H]2C[C@H]1O.O=CO. The molecule has 8 nitrogen and oxygen atoms in total. The third-order valence-electron chi connectivity index (χ3n) is 5.62. The molecule has 0 aromatic heterocycles. The van der Waals surface area contributed by atoms with Crippen LogP contribution in [0.4, 0.5) is 4.39 Å². The molecule has 1 saturated heterocycles. The number of carboxylic acid groups (broad SMARTS) is 1. The van der Waals surface area contributed by atoms with Gasteiger partial charge in [-0.3, -0.25) is 19.3 Å². The molecule has 0 bridgehead atoms. The summed E-state index contributed by atoms with van der Waals surface area (Å²) in [5, 5.41) is 22.9. The van der Waals surface area contributed by atoms with E-state index in [2.05, 4.69) is 15.5 Å². The fraction of sp³-hybridized carbons (Fsp3) is 0.571. The summed E-state index contributed by atoms with van der Waals surface area (Å²) < 4.78 is 12.9. The largest absolute Gasteiger partial charge is 0.483 e. The molecule has 0 spiro atoms. The van der Waals surface area contributed by atoms with Gasteiger partial charge in [0.25, 0.3) is 6.47 Å². The fourth-order valence-electron chi connectivity index (χ4n) is 4.33. The second-order valence-corrected chi connectivity index (χ2v) is 7.89. The molecule has 4 atom stereocenters. The van der Waals surface area contributed by atoms with Crippen molar-refractivity contribution in [3.05, 3.63) is 35.6 Å². The summed E-state index contributed by atoms with van der Waals surface area (Å²) in [5.41, 5.74) is 0.988. The number of carbonyl (C=O) groups excluding carboxylic acids is 2.